The average Bonchev–Trinajstić information content (AvgIpc) is 2.80. The van der Waals surface area contributed by atoms with Crippen LogP contribution >= 0.6 is 23.7 Å². The highest BCUT2D eigenvalue weighted by Gasteiger charge is 2.15. The summed E-state index contributed by atoms with van der Waals surface area (Å²) in [5.74, 6) is 0.832. The molecule has 0 saturated heterocycles. The van der Waals surface area contributed by atoms with E-state index in [-0.39, 0.29) is 18.3 Å². The molecular weight excluding hydrogens is 308 g/mol. The van der Waals surface area contributed by atoms with Crippen molar-refractivity contribution in [1.29, 1.82) is 0 Å². The molecule has 1 aromatic carbocycles. The molecule has 2 rings (SSSR count). The van der Waals surface area contributed by atoms with Gasteiger partial charge in [-0.05, 0) is 56.1 Å². The van der Waals surface area contributed by atoms with Gasteiger partial charge in [0.05, 0.1) is 12.0 Å². The summed E-state index contributed by atoms with van der Waals surface area (Å²) < 4.78 is 6.35. The maximum atomic E-state index is 12.2. The molecule has 1 amide bonds. The molecule has 0 saturated carbocycles. The first kappa shape index (κ1) is 17.8. The minimum Gasteiger partial charge on any atom is -0.497 e. The molecule has 0 aliphatic rings. The Morgan fingerprint density at radius 3 is 2.76 bits per heavy atom. The molecular formula is C15H21ClN2O2S. The number of benzene rings is 1. The molecule has 0 aliphatic heterocycles. The fraction of sp³-hybridized carbons (Fsp3) is 0.400. The molecule has 6 heteroatoms. The van der Waals surface area contributed by atoms with Crippen molar-refractivity contribution < 1.29 is 9.53 Å². The number of halogens is 1. The molecule has 2 N–H and O–H groups in total. The van der Waals surface area contributed by atoms with Crippen molar-refractivity contribution in [2.24, 2.45) is 0 Å². The topological polar surface area (TPSA) is 50.4 Å². The highest BCUT2D eigenvalue weighted by Crippen LogP contribution is 2.33. The van der Waals surface area contributed by atoms with E-state index < -0.39 is 0 Å². The molecule has 0 aliphatic carbocycles. The molecule has 0 bridgehead atoms. The van der Waals surface area contributed by atoms with Crippen LogP contribution in [0.4, 0.5) is 0 Å². The third-order valence-electron chi connectivity index (χ3n) is 3.24. The van der Waals surface area contributed by atoms with E-state index in [0.717, 1.165) is 39.2 Å². The van der Waals surface area contributed by atoms with Gasteiger partial charge in [0.2, 0.25) is 0 Å². The van der Waals surface area contributed by atoms with Crippen molar-refractivity contribution in [3.63, 3.8) is 0 Å². The largest absolute Gasteiger partial charge is 0.497 e. The number of hydrogen-bond donors (Lipinski definition) is 2. The van der Waals surface area contributed by atoms with Crippen molar-refractivity contribution >= 4 is 39.7 Å². The first-order chi connectivity index (χ1) is 9.67. The number of hydrogen-bond acceptors (Lipinski definition) is 4. The van der Waals surface area contributed by atoms with E-state index in [1.807, 2.05) is 32.2 Å². The highest BCUT2D eigenvalue weighted by molar-refractivity contribution is 7.21. The van der Waals surface area contributed by atoms with Crippen LogP contribution in [-0.2, 0) is 0 Å². The van der Waals surface area contributed by atoms with Crippen LogP contribution in [0.2, 0.25) is 0 Å². The van der Waals surface area contributed by atoms with Gasteiger partial charge in [-0.3, -0.25) is 4.79 Å². The average molecular weight is 329 g/mol. The SMILES string of the molecule is CNCCCNC(=O)c1sc2ccc(OC)cc2c1C.Cl. The number of rotatable bonds is 6. The molecule has 0 spiro atoms. The summed E-state index contributed by atoms with van der Waals surface area (Å²) in [5, 5.41) is 7.12. The molecule has 116 valence electrons. The van der Waals surface area contributed by atoms with Gasteiger partial charge < -0.3 is 15.4 Å². The Labute approximate surface area is 135 Å². The highest BCUT2D eigenvalue weighted by atomic mass is 35.5. The van der Waals surface area contributed by atoms with Gasteiger partial charge in [-0.1, -0.05) is 0 Å². The Bertz CT molecular complexity index is 613. The van der Waals surface area contributed by atoms with Gasteiger partial charge in [0.15, 0.2) is 0 Å². The molecule has 0 radical (unpaired) electrons. The molecule has 21 heavy (non-hydrogen) atoms. The van der Waals surface area contributed by atoms with E-state index in [0.29, 0.717) is 6.54 Å². The predicted molar refractivity (Wildman–Crippen MR) is 91.2 cm³/mol. The van der Waals surface area contributed by atoms with Crippen molar-refractivity contribution in [3.05, 3.63) is 28.6 Å². The number of carbonyl (C=O) groups excluding carboxylic acids is 1. The Morgan fingerprint density at radius 2 is 2.10 bits per heavy atom. The molecule has 2 aromatic rings. The van der Waals surface area contributed by atoms with Gasteiger partial charge in [0.1, 0.15) is 5.75 Å². The van der Waals surface area contributed by atoms with Crippen molar-refractivity contribution in [1.82, 2.24) is 10.6 Å². The standard InChI is InChI=1S/C15H20N2O2S.ClH/c1-10-12-9-11(19-3)5-6-13(12)20-14(10)15(18)17-8-4-7-16-2;/h5-6,9,16H,4,7-8H2,1-3H3,(H,17,18);1H. The Kier molecular flexibility index (Phi) is 6.95. The Balaban J connectivity index is 0.00000220. The summed E-state index contributed by atoms with van der Waals surface area (Å²) in [5.41, 5.74) is 1.02. The van der Waals surface area contributed by atoms with Crippen LogP contribution in [0.3, 0.4) is 0 Å². The van der Waals surface area contributed by atoms with E-state index in [1.54, 1.807) is 7.11 Å². The van der Waals surface area contributed by atoms with Crippen LogP contribution in [0.1, 0.15) is 21.7 Å². The zero-order valence-electron chi connectivity index (χ0n) is 12.5. The molecule has 0 unspecified atom stereocenters. The number of thiophene rings is 1. The zero-order valence-corrected chi connectivity index (χ0v) is 14.1. The van der Waals surface area contributed by atoms with Gasteiger partial charge in [-0.25, -0.2) is 0 Å². The van der Waals surface area contributed by atoms with Crippen LogP contribution in [0.5, 0.6) is 5.75 Å². The summed E-state index contributed by atoms with van der Waals surface area (Å²) in [4.78, 5) is 13.0. The number of carbonyl (C=O) groups is 1. The van der Waals surface area contributed by atoms with E-state index in [9.17, 15) is 4.79 Å². The monoisotopic (exact) mass is 328 g/mol. The minimum absolute atomic E-state index is 0. The third-order valence-corrected chi connectivity index (χ3v) is 4.51. The van der Waals surface area contributed by atoms with Crippen molar-refractivity contribution in [3.8, 4) is 5.75 Å². The zero-order chi connectivity index (χ0) is 14.5. The fourth-order valence-electron chi connectivity index (χ4n) is 2.09. The lowest BCUT2D eigenvalue weighted by Gasteiger charge is -2.04. The van der Waals surface area contributed by atoms with Crippen LogP contribution in [0, 0.1) is 6.92 Å². The summed E-state index contributed by atoms with van der Waals surface area (Å²) in [6, 6.07) is 5.91. The lowest BCUT2D eigenvalue weighted by molar-refractivity contribution is 0.0957. The van der Waals surface area contributed by atoms with Gasteiger partial charge >= 0.3 is 0 Å². The molecule has 0 atom stereocenters. The molecule has 1 heterocycles. The number of aryl methyl sites for hydroxylation is 1. The fourth-order valence-corrected chi connectivity index (χ4v) is 3.20. The van der Waals surface area contributed by atoms with Crippen LogP contribution in [-0.4, -0.2) is 33.2 Å². The summed E-state index contributed by atoms with van der Waals surface area (Å²) >= 11 is 1.53. The van der Waals surface area contributed by atoms with E-state index >= 15 is 0 Å². The molecule has 0 fully saturated rings. The van der Waals surface area contributed by atoms with Gasteiger partial charge in [0.25, 0.3) is 5.91 Å². The number of nitrogens with one attached hydrogen (secondary N) is 2. The Morgan fingerprint density at radius 1 is 1.33 bits per heavy atom. The van der Waals surface area contributed by atoms with Gasteiger partial charge in [-0.2, -0.15) is 0 Å². The van der Waals surface area contributed by atoms with Gasteiger partial charge in [-0.15, -0.1) is 23.7 Å². The summed E-state index contributed by atoms with van der Waals surface area (Å²) in [6.07, 6.45) is 0.931. The second kappa shape index (κ2) is 8.22. The number of amides is 1. The predicted octanol–water partition coefficient (Wildman–Crippen LogP) is 2.98. The lowest BCUT2D eigenvalue weighted by atomic mass is 10.1. The smallest absolute Gasteiger partial charge is 0.261 e. The van der Waals surface area contributed by atoms with Crippen LogP contribution < -0.4 is 15.4 Å². The quantitative estimate of drug-likeness (QED) is 0.801. The number of methoxy groups -OCH3 is 1. The third kappa shape index (κ3) is 4.09. The van der Waals surface area contributed by atoms with E-state index in [1.165, 1.54) is 11.3 Å². The molecule has 1 aromatic heterocycles. The maximum absolute atomic E-state index is 12.2. The number of ether oxygens (including phenoxy) is 1. The summed E-state index contributed by atoms with van der Waals surface area (Å²) in [6.45, 7) is 3.58. The normalized spacial score (nSPS) is 10.2. The van der Waals surface area contributed by atoms with Crippen LogP contribution in [0.15, 0.2) is 18.2 Å². The van der Waals surface area contributed by atoms with E-state index in [2.05, 4.69) is 10.6 Å². The van der Waals surface area contributed by atoms with Crippen molar-refractivity contribution in [2.75, 3.05) is 27.2 Å². The minimum atomic E-state index is 0. The lowest BCUT2D eigenvalue weighted by Crippen LogP contribution is -2.26. The second-order valence-electron chi connectivity index (χ2n) is 4.63. The van der Waals surface area contributed by atoms with E-state index in [4.69, 9.17) is 4.74 Å². The molecule has 4 nitrogen and oxygen atoms in total. The first-order valence-electron chi connectivity index (χ1n) is 6.67. The second-order valence-corrected chi connectivity index (χ2v) is 5.68. The summed E-state index contributed by atoms with van der Waals surface area (Å²) in [7, 11) is 3.56. The van der Waals surface area contributed by atoms with Crippen molar-refractivity contribution in [2.45, 2.75) is 13.3 Å². The van der Waals surface area contributed by atoms with Gasteiger partial charge in [0, 0.05) is 11.2 Å². The van der Waals surface area contributed by atoms with Crippen LogP contribution in [0.25, 0.3) is 10.1 Å². The number of fused-ring (bicyclic) bond motifs is 1. The first-order valence-corrected chi connectivity index (χ1v) is 7.49. The Hall–Kier alpha value is -1.30. The maximum Gasteiger partial charge on any atom is 0.261 e.